The minimum Gasteiger partial charge on any atom is -0.367 e. The van der Waals surface area contributed by atoms with Gasteiger partial charge >= 0.3 is 0 Å². The fraction of sp³-hybridized carbons (Fsp3) is 0.207. The van der Waals surface area contributed by atoms with Crippen LogP contribution >= 0.6 is 0 Å². The van der Waals surface area contributed by atoms with Gasteiger partial charge in [0.1, 0.15) is 11.5 Å². The number of hydrogen-bond donors (Lipinski definition) is 2. The molecule has 1 saturated heterocycles. The number of nitrogens with one attached hydrogen (secondary N) is 2. The van der Waals surface area contributed by atoms with Crippen molar-refractivity contribution in [2.45, 2.75) is 6.04 Å². The van der Waals surface area contributed by atoms with E-state index in [-0.39, 0.29) is 23.7 Å². The summed E-state index contributed by atoms with van der Waals surface area (Å²) in [5.41, 5.74) is 4.80. The number of rotatable bonds is 4. The lowest BCUT2D eigenvalue weighted by Crippen LogP contribution is -2.48. The number of carbonyl (C=O) groups excluding carboxylic acids is 2. The van der Waals surface area contributed by atoms with Crippen molar-refractivity contribution in [3.05, 3.63) is 107 Å². The number of piperazine rings is 1. The number of para-hydroxylation sites is 1. The average molecular weight is 511 g/mol. The monoisotopic (exact) mass is 510 g/mol. The molecule has 1 unspecified atom stereocenters. The van der Waals surface area contributed by atoms with Crippen LogP contribution in [0.3, 0.4) is 0 Å². The van der Waals surface area contributed by atoms with Crippen LogP contribution in [0.15, 0.2) is 79.0 Å². The molecular weight excluding hydrogens is 483 g/mol. The Morgan fingerprint density at radius 3 is 2.45 bits per heavy atom. The zero-order valence-electron chi connectivity index (χ0n) is 20.9. The summed E-state index contributed by atoms with van der Waals surface area (Å²) in [4.78, 5) is 29.8. The van der Waals surface area contributed by atoms with Crippen molar-refractivity contribution in [2.24, 2.45) is 7.05 Å². The zero-order chi connectivity index (χ0) is 26.2. The number of fused-ring (bicyclic) bond motifs is 2. The third-order valence-corrected chi connectivity index (χ3v) is 7.28. The number of benzene rings is 3. The molecule has 0 saturated carbocycles. The number of carbonyl (C=O) groups is 2. The maximum atomic E-state index is 15.2. The Hall–Kier alpha value is -4.50. The molecule has 1 atom stereocenters. The second kappa shape index (κ2) is 9.75. The first-order valence-electron chi connectivity index (χ1n) is 12.6. The molecule has 2 aliphatic heterocycles. The molecule has 3 aromatic carbocycles. The van der Waals surface area contributed by atoms with Gasteiger partial charge in [-0.15, -0.1) is 0 Å². The van der Waals surface area contributed by atoms with Crippen molar-refractivity contribution >= 4 is 28.9 Å². The molecule has 0 radical (unpaired) electrons. The molecule has 0 aliphatic carbocycles. The van der Waals surface area contributed by atoms with Crippen LogP contribution in [0.4, 0.5) is 21.5 Å². The van der Waals surface area contributed by atoms with E-state index in [0.29, 0.717) is 48.8 Å². The van der Waals surface area contributed by atoms with Crippen LogP contribution in [-0.4, -0.2) is 52.7 Å². The van der Waals surface area contributed by atoms with E-state index in [9.17, 15) is 9.59 Å². The van der Waals surface area contributed by atoms with E-state index in [2.05, 4.69) is 26.7 Å². The number of halogens is 1. The fourth-order valence-corrected chi connectivity index (χ4v) is 5.40. The highest BCUT2D eigenvalue weighted by molar-refractivity contribution is 6.07. The first-order chi connectivity index (χ1) is 18.5. The van der Waals surface area contributed by atoms with Crippen LogP contribution in [0.25, 0.3) is 0 Å². The summed E-state index contributed by atoms with van der Waals surface area (Å²) in [6.45, 7) is 2.64. The van der Waals surface area contributed by atoms with Crippen molar-refractivity contribution in [1.82, 2.24) is 14.7 Å². The molecule has 192 valence electrons. The minimum absolute atomic E-state index is 0.0852. The Morgan fingerprint density at radius 1 is 0.974 bits per heavy atom. The summed E-state index contributed by atoms with van der Waals surface area (Å²) in [5, 5.41) is 9.79. The van der Waals surface area contributed by atoms with E-state index < -0.39 is 0 Å². The molecule has 38 heavy (non-hydrogen) atoms. The van der Waals surface area contributed by atoms with Gasteiger partial charge in [0.2, 0.25) is 0 Å². The maximum Gasteiger partial charge on any atom is 0.273 e. The molecule has 2 aliphatic rings. The molecule has 1 fully saturated rings. The standard InChI is InChI=1S/C29H27FN6O2/c1-34-26(12-13-31-34)29(38)32-19-10-11-25(23(30)18-19)35-14-16-36(17-15-35)27-20-6-2-3-7-21(20)28(37)33-24-9-5-4-8-22(24)27/h2-13,18,27H,14-17H2,1H3,(H,32,38)(H,33,37). The highest BCUT2D eigenvalue weighted by atomic mass is 19.1. The first kappa shape index (κ1) is 23.9. The van der Waals surface area contributed by atoms with Gasteiger partial charge in [-0.05, 0) is 47.5 Å². The number of aryl methyl sites for hydroxylation is 1. The molecule has 2 N–H and O–H groups in total. The zero-order valence-corrected chi connectivity index (χ0v) is 20.9. The lowest BCUT2D eigenvalue weighted by atomic mass is 9.93. The van der Waals surface area contributed by atoms with Gasteiger partial charge in [-0.25, -0.2) is 4.39 Å². The third kappa shape index (κ3) is 4.31. The predicted octanol–water partition coefficient (Wildman–Crippen LogP) is 4.29. The van der Waals surface area contributed by atoms with Crippen molar-refractivity contribution in [1.29, 1.82) is 0 Å². The van der Waals surface area contributed by atoms with Crippen molar-refractivity contribution in [3.63, 3.8) is 0 Å². The normalized spacial score (nSPS) is 17.3. The molecular formula is C29H27FN6O2. The SMILES string of the molecule is Cn1nccc1C(=O)Nc1ccc(N2CCN(C3c4ccccc4NC(=O)c4ccccc43)CC2)c(F)c1. The molecule has 0 spiro atoms. The van der Waals surface area contributed by atoms with Gasteiger partial charge in [0.25, 0.3) is 11.8 Å². The van der Waals surface area contributed by atoms with Gasteiger partial charge in [0.15, 0.2) is 0 Å². The summed E-state index contributed by atoms with van der Waals surface area (Å²) in [6, 6.07) is 22.0. The van der Waals surface area contributed by atoms with E-state index in [1.54, 1.807) is 31.4 Å². The Bertz CT molecular complexity index is 1530. The summed E-state index contributed by atoms with van der Waals surface area (Å²) in [7, 11) is 1.68. The first-order valence-corrected chi connectivity index (χ1v) is 12.6. The summed E-state index contributed by atoms with van der Waals surface area (Å²) >= 11 is 0. The number of nitrogens with zero attached hydrogens (tertiary/aromatic N) is 4. The molecule has 4 aromatic rings. The van der Waals surface area contributed by atoms with E-state index in [1.807, 2.05) is 47.4 Å². The van der Waals surface area contributed by atoms with Crippen LogP contribution in [0.2, 0.25) is 0 Å². The van der Waals surface area contributed by atoms with E-state index in [0.717, 1.165) is 16.8 Å². The molecule has 6 rings (SSSR count). The van der Waals surface area contributed by atoms with E-state index in [1.165, 1.54) is 10.7 Å². The topological polar surface area (TPSA) is 82.5 Å². The third-order valence-electron chi connectivity index (χ3n) is 7.28. The fourth-order valence-electron chi connectivity index (χ4n) is 5.40. The molecule has 9 heteroatoms. The second-order valence-corrected chi connectivity index (χ2v) is 9.51. The van der Waals surface area contributed by atoms with Crippen LogP contribution in [0.5, 0.6) is 0 Å². The highest BCUT2D eigenvalue weighted by Gasteiger charge is 2.33. The molecule has 1 aromatic heterocycles. The highest BCUT2D eigenvalue weighted by Crippen LogP contribution is 2.39. The smallest absolute Gasteiger partial charge is 0.273 e. The van der Waals surface area contributed by atoms with Crippen LogP contribution in [0, 0.1) is 5.82 Å². The summed E-state index contributed by atoms with van der Waals surface area (Å²) in [5.74, 6) is -0.837. The quantitative estimate of drug-likeness (QED) is 0.428. The minimum atomic E-state index is -0.388. The molecule has 0 bridgehead atoms. The Labute approximate surface area is 219 Å². The summed E-state index contributed by atoms with van der Waals surface area (Å²) in [6.07, 6.45) is 1.54. The van der Waals surface area contributed by atoms with Crippen LogP contribution in [0.1, 0.15) is 38.0 Å². The number of aromatic nitrogens is 2. The molecule has 3 heterocycles. The average Bonchev–Trinajstić information content (AvgIpc) is 3.31. The molecule has 2 amide bonds. The molecule has 8 nitrogen and oxygen atoms in total. The second-order valence-electron chi connectivity index (χ2n) is 9.51. The van der Waals surface area contributed by atoms with E-state index >= 15 is 4.39 Å². The van der Waals surface area contributed by atoms with Crippen molar-refractivity contribution in [2.75, 3.05) is 41.7 Å². The largest absolute Gasteiger partial charge is 0.367 e. The Morgan fingerprint density at radius 2 is 1.71 bits per heavy atom. The van der Waals surface area contributed by atoms with Gasteiger partial charge in [-0.3, -0.25) is 19.2 Å². The van der Waals surface area contributed by atoms with Gasteiger partial charge < -0.3 is 15.5 Å². The number of anilines is 3. The van der Waals surface area contributed by atoms with Gasteiger partial charge in [-0.2, -0.15) is 5.10 Å². The summed E-state index contributed by atoms with van der Waals surface area (Å²) < 4.78 is 16.6. The van der Waals surface area contributed by atoms with Gasteiger partial charge in [0.05, 0.1) is 11.7 Å². The lowest BCUT2D eigenvalue weighted by Gasteiger charge is -2.41. The maximum absolute atomic E-state index is 15.2. The van der Waals surface area contributed by atoms with Crippen molar-refractivity contribution in [3.8, 4) is 0 Å². The predicted molar refractivity (Wildman–Crippen MR) is 144 cm³/mol. The Balaban J connectivity index is 1.20. The number of amides is 2. The van der Waals surface area contributed by atoms with Crippen LogP contribution in [-0.2, 0) is 7.05 Å². The van der Waals surface area contributed by atoms with E-state index in [4.69, 9.17) is 0 Å². The number of hydrogen-bond acceptors (Lipinski definition) is 5. The lowest BCUT2D eigenvalue weighted by molar-refractivity contribution is 0.101. The van der Waals surface area contributed by atoms with Crippen molar-refractivity contribution < 1.29 is 14.0 Å². The van der Waals surface area contributed by atoms with Gasteiger partial charge in [0, 0.05) is 56.4 Å². The Kier molecular flexibility index (Phi) is 6.13. The van der Waals surface area contributed by atoms with Crippen LogP contribution < -0.4 is 15.5 Å². The van der Waals surface area contributed by atoms with Gasteiger partial charge in [-0.1, -0.05) is 36.4 Å².